The van der Waals surface area contributed by atoms with Gasteiger partial charge in [0.1, 0.15) is 0 Å². The van der Waals surface area contributed by atoms with Crippen molar-refractivity contribution in [2.45, 2.75) is 13.3 Å². The Balaban J connectivity index is 1.36. The summed E-state index contributed by atoms with van der Waals surface area (Å²) in [5.41, 5.74) is 9.16. The second-order valence-electron chi connectivity index (χ2n) is 11.5. The van der Waals surface area contributed by atoms with Crippen LogP contribution in [0.4, 0.5) is 0 Å². The van der Waals surface area contributed by atoms with Crippen LogP contribution in [0, 0.1) is 5.41 Å². The summed E-state index contributed by atoms with van der Waals surface area (Å²) in [6.07, 6.45) is 7.92. The van der Waals surface area contributed by atoms with Gasteiger partial charge in [-0.25, -0.2) is 0 Å². The Morgan fingerprint density at radius 2 is 1.24 bits per heavy atom. The topological polar surface area (TPSA) is 0 Å². The Labute approximate surface area is 250 Å². The zero-order valence-corrected chi connectivity index (χ0v) is 24.4. The van der Waals surface area contributed by atoms with E-state index in [-0.39, 0.29) is 5.41 Å². The van der Waals surface area contributed by atoms with Crippen molar-refractivity contribution in [1.82, 2.24) is 0 Å². The highest BCUT2D eigenvalue weighted by Crippen LogP contribution is 2.50. The molecule has 1 unspecified atom stereocenters. The van der Waals surface area contributed by atoms with Gasteiger partial charge in [0.05, 0.1) is 0 Å². The number of fused-ring (bicyclic) bond motifs is 3. The fraction of sp³-hybridized carbons (Fsp3) is 0.0732. The van der Waals surface area contributed by atoms with Gasteiger partial charge in [-0.1, -0.05) is 134 Å². The molecule has 2 aliphatic carbocycles. The number of hydrogen-bond acceptors (Lipinski definition) is 1. The molecule has 0 saturated carbocycles. The Kier molecular flexibility index (Phi) is 5.94. The highest BCUT2D eigenvalue weighted by atomic mass is 32.1. The summed E-state index contributed by atoms with van der Waals surface area (Å²) >= 11 is 1.86. The summed E-state index contributed by atoms with van der Waals surface area (Å²) < 4.78 is 0. The van der Waals surface area contributed by atoms with Crippen LogP contribution in [0.1, 0.15) is 24.5 Å². The van der Waals surface area contributed by atoms with E-state index in [1.807, 2.05) is 11.3 Å². The minimum Gasteiger partial charge on any atom is -0.135 e. The molecule has 8 rings (SSSR count). The molecule has 42 heavy (non-hydrogen) atoms. The molecule has 1 aromatic heterocycles. The predicted octanol–water partition coefficient (Wildman–Crippen LogP) is 9.54. The van der Waals surface area contributed by atoms with Gasteiger partial charge < -0.3 is 0 Å². The number of allylic oxidation sites excluding steroid dienone is 4. The summed E-state index contributed by atoms with van der Waals surface area (Å²) in [6.45, 7) is 2.44. The van der Waals surface area contributed by atoms with Gasteiger partial charge in [-0.05, 0) is 90.9 Å². The van der Waals surface area contributed by atoms with Gasteiger partial charge >= 0.3 is 0 Å². The Bertz CT molecular complexity index is 2170. The van der Waals surface area contributed by atoms with Gasteiger partial charge in [-0.2, -0.15) is 0 Å². The third-order valence-electron chi connectivity index (χ3n) is 8.94. The fourth-order valence-electron chi connectivity index (χ4n) is 6.93. The maximum atomic E-state index is 2.44. The second-order valence-corrected chi connectivity index (χ2v) is 12.6. The van der Waals surface area contributed by atoms with Crippen LogP contribution < -0.4 is 10.4 Å². The molecule has 1 heteroatoms. The van der Waals surface area contributed by atoms with E-state index in [0.717, 1.165) is 6.42 Å². The highest BCUT2D eigenvalue weighted by molar-refractivity contribution is 7.18. The minimum atomic E-state index is -0.145. The molecule has 0 radical (unpaired) electrons. The summed E-state index contributed by atoms with van der Waals surface area (Å²) in [5, 5.41) is 5.21. The molecule has 0 spiro atoms. The van der Waals surface area contributed by atoms with E-state index in [2.05, 4.69) is 159 Å². The van der Waals surface area contributed by atoms with Crippen LogP contribution in [-0.2, 0) is 0 Å². The van der Waals surface area contributed by atoms with E-state index in [9.17, 15) is 0 Å². The zero-order chi connectivity index (χ0) is 28.1. The SMILES string of the molecule is CC12CC=CC=C1C(c1ccc3ccccc3c1)=c1ccccc1=C2c1cccc(-c2ccc(-c3ccccc3)s2)c1. The Hall–Kier alpha value is -4.72. The fourth-order valence-corrected chi connectivity index (χ4v) is 7.94. The largest absolute Gasteiger partial charge is 0.135 e. The van der Waals surface area contributed by atoms with Gasteiger partial charge in [0, 0.05) is 15.2 Å². The molecule has 6 aromatic rings. The van der Waals surface area contributed by atoms with Crippen LogP contribution in [0.25, 0.3) is 42.8 Å². The molecule has 5 aromatic carbocycles. The van der Waals surface area contributed by atoms with Gasteiger partial charge in [0.2, 0.25) is 0 Å². The average molecular weight is 555 g/mol. The lowest BCUT2D eigenvalue weighted by atomic mass is 9.62. The summed E-state index contributed by atoms with van der Waals surface area (Å²) in [6, 6.07) is 49.1. The van der Waals surface area contributed by atoms with Crippen molar-refractivity contribution >= 4 is 33.3 Å². The van der Waals surface area contributed by atoms with Crippen molar-refractivity contribution in [2.24, 2.45) is 5.41 Å². The molecule has 2 aliphatic rings. The normalized spacial score (nSPS) is 17.6. The zero-order valence-electron chi connectivity index (χ0n) is 23.5. The molecular formula is C41H30S. The van der Waals surface area contributed by atoms with Crippen LogP contribution >= 0.6 is 11.3 Å². The third-order valence-corrected chi connectivity index (χ3v) is 10.1. The van der Waals surface area contributed by atoms with E-state index in [1.165, 1.54) is 69.9 Å². The summed E-state index contributed by atoms with van der Waals surface area (Å²) in [4.78, 5) is 2.60. The van der Waals surface area contributed by atoms with E-state index in [4.69, 9.17) is 0 Å². The molecule has 0 fully saturated rings. The van der Waals surface area contributed by atoms with Crippen LogP contribution in [0.2, 0.25) is 0 Å². The molecule has 1 atom stereocenters. The number of benzene rings is 5. The molecule has 0 bridgehead atoms. The molecular weight excluding hydrogens is 525 g/mol. The van der Waals surface area contributed by atoms with Crippen molar-refractivity contribution in [3.63, 3.8) is 0 Å². The second kappa shape index (κ2) is 9.98. The average Bonchev–Trinajstić information content (AvgIpc) is 3.54. The van der Waals surface area contributed by atoms with Crippen LogP contribution in [0.15, 0.2) is 157 Å². The van der Waals surface area contributed by atoms with Gasteiger partial charge in [0.15, 0.2) is 0 Å². The standard InChI is InChI=1S/C41H30S/c1-41-25-10-9-20-36(41)39(32-22-21-28-12-5-6-15-30(28)26-32)34-18-7-8-19-35(34)40(41)33-17-11-16-31(27-33)38-24-23-37(42-38)29-13-3-2-4-14-29/h2-24,26-27H,25H2,1H3. The first-order chi connectivity index (χ1) is 20.7. The highest BCUT2D eigenvalue weighted by Gasteiger charge is 2.39. The lowest BCUT2D eigenvalue weighted by Gasteiger charge is -2.40. The van der Waals surface area contributed by atoms with Crippen LogP contribution in [0.5, 0.6) is 0 Å². The van der Waals surface area contributed by atoms with Crippen LogP contribution in [-0.4, -0.2) is 0 Å². The molecule has 1 heterocycles. The monoisotopic (exact) mass is 554 g/mol. The molecule has 200 valence electrons. The molecule has 0 nitrogen and oxygen atoms in total. The summed E-state index contributed by atoms with van der Waals surface area (Å²) in [5.74, 6) is 0. The Morgan fingerprint density at radius 1 is 0.548 bits per heavy atom. The summed E-state index contributed by atoms with van der Waals surface area (Å²) in [7, 11) is 0. The Morgan fingerprint density at radius 3 is 2.10 bits per heavy atom. The van der Waals surface area contributed by atoms with Crippen molar-refractivity contribution in [1.29, 1.82) is 0 Å². The first-order valence-corrected chi connectivity index (χ1v) is 15.5. The van der Waals surface area contributed by atoms with Crippen molar-refractivity contribution in [3.8, 4) is 20.9 Å². The van der Waals surface area contributed by atoms with E-state index in [1.54, 1.807) is 0 Å². The van der Waals surface area contributed by atoms with Crippen molar-refractivity contribution in [3.05, 3.63) is 179 Å². The smallest absolute Gasteiger partial charge is 0.0349 e. The maximum absolute atomic E-state index is 2.44. The van der Waals surface area contributed by atoms with E-state index >= 15 is 0 Å². The van der Waals surface area contributed by atoms with Gasteiger partial charge in [-0.3, -0.25) is 0 Å². The lowest BCUT2D eigenvalue weighted by Crippen LogP contribution is -2.42. The molecule has 0 saturated heterocycles. The van der Waals surface area contributed by atoms with E-state index in [0.29, 0.717) is 0 Å². The number of rotatable bonds is 4. The van der Waals surface area contributed by atoms with Crippen molar-refractivity contribution < 1.29 is 0 Å². The van der Waals surface area contributed by atoms with E-state index < -0.39 is 0 Å². The van der Waals surface area contributed by atoms with Gasteiger partial charge in [-0.15, -0.1) is 11.3 Å². The van der Waals surface area contributed by atoms with Crippen molar-refractivity contribution in [2.75, 3.05) is 0 Å². The number of hydrogen-bond donors (Lipinski definition) is 0. The van der Waals surface area contributed by atoms with Gasteiger partial charge in [0.25, 0.3) is 0 Å². The predicted molar refractivity (Wildman–Crippen MR) is 180 cm³/mol. The first kappa shape index (κ1) is 25.0. The lowest BCUT2D eigenvalue weighted by molar-refractivity contribution is 0.547. The molecule has 0 amide bonds. The van der Waals surface area contributed by atoms with Crippen LogP contribution in [0.3, 0.4) is 0 Å². The quantitative estimate of drug-likeness (QED) is 0.204. The third kappa shape index (κ3) is 4.04. The minimum absolute atomic E-state index is 0.145. The maximum Gasteiger partial charge on any atom is 0.0349 e. The molecule has 0 aliphatic heterocycles. The number of thiophene rings is 1. The first-order valence-electron chi connectivity index (χ1n) is 14.7. The molecule has 0 N–H and O–H groups in total.